The van der Waals surface area contributed by atoms with Gasteiger partial charge in [0, 0.05) is 37.6 Å². The van der Waals surface area contributed by atoms with Crippen LogP contribution < -0.4 is 9.80 Å². The second-order valence-corrected chi connectivity index (χ2v) is 8.41. The van der Waals surface area contributed by atoms with Gasteiger partial charge in [0.15, 0.2) is 0 Å². The molecule has 152 valence electrons. The van der Waals surface area contributed by atoms with Gasteiger partial charge in [-0.05, 0) is 48.5 Å². The highest BCUT2D eigenvalue weighted by molar-refractivity contribution is 7.91. The van der Waals surface area contributed by atoms with E-state index in [1.165, 1.54) is 0 Å². The van der Waals surface area contributed by atoms with Crippen LogP contribution >= 0.6 is 0 Å². The quantitative estimate of drug-likeness (QED) is 0.470. The number of benzene rings is 2. The minimum Gasteiger partial charge on any atom is -0.364 e. The molecule has 2 aromatic carbocycles. The van der Waals surface area contributed by atoms with Crippen molar-refractivity contribution >= 4 is 21.2 Å². The van der Waals surface area contributed by atoms with Crippen LogP contribution in [0, 0.1) is 0 Å². The van der Waals surface area contributed by atoms with Gasteiger partial charge in [-0.3, -0.25) is 0 Å². The van der Waals surface area contributed by atoms with Crippen LogP contribution in [0.2, 0.25) is 0 Å². The Morgan fingerprint density at radius 2 is 0.862 bits per heavy atom. The molecular formula is C24H28N2O2S. The lowest BCUT2D eigenvalue weighted by atomic mass is 10.2. The molecule has 2 rings (SSSR count). The monoisotopic (exact) mass is 408 g/mol. The molecule has 0 amide bonds. The second-order valence-electron chi connectivity index (χ2n) is 6.46. The summed E-state index contributed by atoms with van der Waals surface area (Å²) in [7, 11) is -3.59. The van der Waals surface area contributed by atoms with E-state index in [2.05, 4.69) is 36.1 Å². The van der Waals surface area contributed by atoms with E-state index in [1.807, 2.05) is 24.3 Å². The van der Waals surface area contributed by atoms with Crippen molar-refractivity contribution in [3.8, 4) is 0 Å². The molecule has 0 aromatic heterocycles. The predicted octanol–water partition coefficient (Wildman–Crippen LogP) is 4.88. The molecule has 0 aliphatic heterocycles. The van der Waals surface area contributed by atoms with Crippen LogP contribution in [0.3, 0.4) is 0 Å². The van der Waals surface area contributed by atoms with Crippen LogP contribution in [0.5, 0.6) is 0 Å². The molecule has 0 bridgehead atoms. The summed E-state index contributed by atoms with van der Waals surface area (Å²) in [6.45, 7) is 17.7. The molecule has 0 unspecified atom stereocenters. The van der Waals surface area contributed by atoms with Gasteiger partial charge in [0.05, 0.1) is 9.79 Å². The maximum absolute atomic E-state index is 13.0. The second kappa shape index (κ2) is 10.5. The number of sulfone groups is 1. The molecule has 2 aromatic rings. The molecule has 0 atom stereocenters. The summed E-state index contributed by atoms with van der Waals surface area (Å²) in [6.07, 6.45) is 7.21. The van der Waals surface area contributed by atoms with E-state index in [0.717, 1.165) is 11.4 Å². The zero-order valence-electron chi connectivity index (χ0n) is 16.7. The van der Waals surface area contributed by atoms with Gasteiger partial charge >= 0.3 is 0 Å². The molecule has 0 saturated heterocycles. The predicted molar refractivity (Wildman–Crippen MR) is 124 cm³/mol. The fraction of sp³-hybridized carbons (Fsp3) is 0.167. The highest BCUT2D eigenvalue weighted by Gasteiger charge is 2.18. The summed E-state index contributed by atoms with van der Waals surface area (Å²) in [5, 5.41) is 0. The smallest absolute Gasteiger partial charge is 0.206 e. The third kappa shape index (κ3) is 5.48. The molecule has 0 aliphatic rings. The average Bonchev–Trinajstić information content (AvgIpc) is 2.74. The van der Waals surface area contributed by atoms with Gasteiger partial charge in [-0.2, -0.15) is 0 Å². The topological polar surface area (TPSA) is 40.6 Å². The lowest BCUT2D eigenvalue weighted by Crippen LogP contribution is -2.23. The Balaban J connectivity index is 2.28. The maximum Gasteiger partial charge on any atom is 0.206 e. The summed E-state index contributed by atoms with van der Waals surface area (Å²) >= 11 is 0. The molecule has 5 heteroatoms. The van der Waals surface area contributed by atoms with Gasteiger partial charge in [-0.15, -0.1) is 26.3 Å². The van der Waals surface area contributed by atoms with E-state index in [-0.39, 0.29) is 9.79 Å². The molecule has 0 fully saturated rings. The first-order valence-corrected chi connectivity index (χ1v) is 10.8. The van der Waals surface area contributed by atoms with Crippen LogP contribution in [0.25, 0.3) is 0 Å². The molecule has 0 radical (unpaired) electrons. The first kappa shape index (κ1) is 22.2. The van der Waals surface area contributed by atoms with E-state index in [4.69, 9.17) is 0 Å². The highest BCUT2D eigenvalue weighted by atomic mass is 32.2. The van der Waals surface area contributed by atoms with Crippen LogP contribution in [-0.2, 0) is 9.84 Å². The normalized spacial score (nSPS) is 10.8. The number of hydrogen-bond acceptors (Lipinski definition) is 4. The number of anilines is 2. The maximum atomic E-state index is 13.0. The Labute approximate surface area is 174 Å². The zero-order chi connectivity index (χ0) is 21.3. The van der Waals surface area contributed by atoms with Gasteiger partial charge in [-0.25, -0.2) is 8.42 Å². The van der Waals surface area contributed by atoms with E-state index in [9.17, 15) is 8.42 Å². The van der Waals surface area contributed by atoms with Crippen LogP contribution in [0.4, 0.5) is 11.4 Å². The molecule has 0 N–H and O–H groups in total. The van der Waals surface area contributed by atoms with Crippen LogP contribution in [-0.4, -0.2) is 34.6 Å². The molecule has 0 heterocycles. The average molecular weight is 409 g/mol. The lowest BCUT2D eigenvalue weighted by molar-refractivity contribution is 0.596. The number of hydrogen-bond donors (Lipinski definition) is 0. The Morgan fingerprint density at radius 3 is 1.10 bits per heavy atom. The van der Waals surface area contributed by atoms with Crippen molar-refractivity contribution in [2.45, 2.75) is 9.79 Å². The summed E-state index contributed by atoms with van der Waals surface area (Å²) in [5.74, 6) is 0. The number of nitrogens with zero attached hydrogens (tertiary/aromatic N) is 2. The van der Waals surface area contributed by atoms with Crippen molar-refractivity contribution in [2.24, 2.45) is 0 Å². The van der Waals surface area contributed by atoms with Gasteiger partial charge in [-0.1, -0.05) is 24.3 Å². The zero-order valence-corrected chi connectivity index (χ0v) is 17.5. The minimum absolute atomic E-state index is 0.264. The Hall–Kier alpha value is -3.05. The Kier molecular flexibility index (Phi) is 8.04. The lowest BCUT2D eigenvalue weighted by Gasteiger charge is -2.22. The molecular weight excluding hydrogens is 380 g/mol. The van der Waals surface area contributed by atoms with Gasteiger partial charge < -0.3 is 9.80 Å². The molecule has 29 heavy (non-hydrogen) atoms. The van der Waals surface area contributed by atoms with Gasteiger partial charge in [0.2, 0.25) is 9.84 Å². The van der Waals surface area contributed by atoms with Crippen LogP contribution in [0.1, 0.15) is 0 Å². The first-order chi connectivity index (χ1) is 14.0. The van der Waals surface area contributed by atoms with E-state index >= 15 is 0 Å². The fourth-order valence-corrected chi connectivity index (χ4v) is 4.26. The summed E-state index contributed by atoms with van der Waals surface area (Å²) in [4.78, 5) is 4.64. The van der Waals surface area contributed by atoms with Crippen molar-refractivity contribution in [1.29, 1.82) is 0 Å². The molecule has 0 spiro atoms. The fourth-order valence-electron chi connectivity index (χ4n) is 3.00. The number of rotatable bonds is 12. The van der Waals surface area contributed by atoms with Crippen molar-refractivity contribution in [1.82, 2.24) is 0 Å². The Bertz CT molecular complexity index is 852. The molecule has 0 aliphatic carbocycles. The summed E-state index contributed by atoms with van der Waals surface area (Å²) in [5.41, 5.74) is 1.84. The molecule has 4 nitrogen and oxygen atoms in total. The van der Waals surface area contributed by atoms with E-state index in [1.54, 1.807) is 48.6 Å². The van der Waals surface area contributed by atoms with Crippen molar-refractivity contribution in [2.75, 3.05) is 36.0 Å². The van der Waals surface area contributed by atoms with Crippen molar-refractivity contribution < 1.29 is 8.42 Å². The van der Waals surface area contributed by atoms with E-state index < -0.39 is 9.84 Å². The van der Waals surface area contributed by atoms with Gasteiger partial charge in [0.1, 0.15) is 0 Å². The third-order valence-electron chi connectivity index (χ3n) is 4.42. The molecule has 0 saturated carbocycles. The third-order valence-corrected chi connectivity index (χ3v) is 6.21. The minimum atomic E-state index is -3.59. The standard InChI is InChI=1S/C24H28N2O2S/c1-5-17-25(18-6-2)21-9-13-23(14-10-21)29(27,28)24-15-11-22(12-16-24)26(19-7-3)20-8-4/h5-16H,1-4,17-20H2. The van der Waals surface area contributed by atoms with E-state index in [0.29, 0.717) is 26.2 Å². The van der Waals surface area contributed by atoms with Crippen molar-refractivity contribution in [3.63, 3.8) is 0 Å². The van der Waals surface area contributed by atoms with Gasteiger partial charge in [0.25, 0.3) is 0 Å². The highest BCUT2D eigenvalue weighted by Crippen LogP contribution is 2.26. The SMILES string of the molecule is C=CCN(CC=C)c1ccc(S(=O)(=O)c2ccc(N(CC=C)CC=C)cc2)cc1. The first-order valence-electron chi connectivity index (χ1n) is 9.36. The summed E-state index contributed by atoms with van der Waals surface area (Å²) < 4.78 is 26.0. The Morgan fingerprint density at radius 1 is 0.586 bits per heavy atom. The van der Waals surface area contributed by atoms with Crippen molar-refractivity contribution in [3.05, 3.63) is 99.2 Å². The summed E-state index contributed by atoms with van der Waals surface area (Å²) in [6, 6.07) is 13.8. The van der Waals surface area contributed by atoms with Crippen LogP contribution in [0.15, 0.2) is 109 Å². The largest absolute Gasteiger partial charge is 0.364 e.